The van der Waals surface area contributed by atoms with Crippen molar-refractivity contribution in [2.24, 2.45) is 0 Å². The fourth-order valence-corrected chi connectivity index (χ4v) is 13.2. The average Bonchev–Trinajstić information content (AvgIpc) is 3.33. The average molecular weight is 888 g/mol. The zero-order valence-electron chi connectivity index (χ0n) is 39.2. The molecule has 0 aliphatic carbocycles. The van der Waals surface area contributed by atoms with Gasteiger partial charge in [0, 0.05) is 45.8 Å². The smallest absolute Gasteiger partial charge is 0.260 e. The Balaban J connectivity index is 1.07. The molecule has 6 aliphatic rings. The summed E-state index contributed by atoms with van der Waals surface area (Å²) >= 11 is 0. The molecule has 69 heavy (non-hydrogen) atoms. The highest BCUT2D eigenvalue weighted by molar-refractivity contribution is 7.03. The summed E-state index contributed by atoms with van der Waals surface area (Å²) in [6.45, 7) is 13.1. The number of benzene rings is 9. The van der Waals surface area contributed by atoms with Gasteiger partial charge in [0.1, 0.15) is 46.0 Å². The molecule has 0 unspecified atom stereocenters. The van der Waals surface area contributed by atoms with E-state index in [0.29, 0.717) is 0 Å². The summed E-state index contributed by atoms with van der Waals surface area (Å²) in [5.74, 6) is 6.81. The van der Waals surface area contributed by atoms with Crippen molar-refractivity contribution in [3.05, 3.63) is 185 Å². The van der Waals surface area contributed by atoms with Gasteiger partial charge in [-0.05, 0) is 151 Å². The lowest BCUT2D eigenvalue weighted by atomic mass is 9.29. The number of nitrogens with zero attached hydrogens (tertiary/aromatic N) is 2. The summed E-state index contributed by atoms with van der Waals surface area (Å²) < 4.78 is 27.4. The molecular weight excluding hydrogens is 845 g/mol. The molecule has 6 aliphatic heterocycles. The molecular formula is C60H43B3N2O4. The van der Waals surface area contributed by atoms with Crippen molar-refractivity contribution in [2.75, 3.05) is 9.80 Å². The Labute approximate surface area is 402 Å². The maximum Gasteiger partial charge on any atom is 0.260 e. The SMILES string of the molecule is Cc1cc(C)c(N2c3cc4c(cc3B3c5cc6c(cc5N(c5c(C)cc(C)cc5C)c5cccc2c53)Oc2cccc3c2B6c2ccccc2O3)B2c3ccccc3Oc3cccc(c32)O4)c(C)c1. The molecule has 0 saturated carbocycles. The minimum atomic E-state index is -0.167. The van der Waals surface area contributed by atoms with Crippen molar-refractivity contribution in [3.63, 3.8) is 0 Å². The summed E-state index contributed by atoms with van der Waals surface area (Å²) in [6.07, 6.45) is 0. The zero-order chi connectivity index (χ0) is 46.1. The number of rotatable bonds is 2. The Morgan fingerprint density at radius 1 is 0.290 bits per heavy atom. The standard InChI is InChI=1S/C60H43B3N2O4/c1-32-24-34(3)59(35(4)25-32)64-44-16-11-17-45-56(44)63(40-28-42-54(30-46(40)64)68-52-22-12-20-50-57(52)61(42)38-14-7-9-18-48(38)66-50)41-29-43-55(31-47(41)65(45)60-36(5)26-33(2)27-37(60)6)69-53-23-13-21-51-58(53)62(43)39-15-8-10-19-49(39)67-51/h7-31H,1-6H3. The van der Waals surface area contributed by atoms with E-state index in [4.69, 9.17) is 18.9 Å². The van der Waals surface area contributed by atoms with Gasteiger partial charge in [-0.15, -0.1) is 0 Å². The van der Waals surface area contributed by atoms with E-state index in [1.807, 2.05) is 12.1 Å². The van der Waals surface area contributed by atoms with Crippen LogP contribution in [0.25, 0.3) is 0 Å². The maximum absolute atomic E-state index is 7.09. The molecule has 15 rings (SSSR count). The van der Waals surface area contributed by atoms with Gasteiger partial charge in [0.25, 0.3) is 20.1 Å². The molecule has 6 nitrogen and oxygen atoms in total. The molecule has 9 aromatic rings. The molecule has 0 saturated heterocycles. The van der Waals surface area contributed by atoms with Crippen molar-refractivity contribution in [1.29, 1.82) is 0 Å². The molecule has 0 amide bonds. The Morgan fingerprint density at radius 2 is 0.638 bits per heavy atom. The first-order valence-electron chi connectivity index (χ1n) is 24.1. The normalized spacial score (nSPS) is 14.3. The fraction of sp³-hybridized carbons (Fsp3) is 0.100. The summed E-state index contributed by atoms with van der Waals surface area (Å²) in [6, 6.07) is 55.3. The number of ether oxygens (including phenoxy) is 4. The van der Waals surface area contributed by atoms with Crippen LogP contribution in [0.2, 0.25) is 0 Å². The van der Waals surface area contributed by atoms with Crippen molar-refractivity contribution in [2.45, 2.75) is 41.5 Å². The van der Waals surface area contributed by atoms with Gasteiger partial charge in [-0.2, -0.15) is 0 Å². The lowest BCUT2D eigenvalue weighted by Crippen LogP contribution is -2.65. The third kappa shape index (κ3) is 5.25. The summed E-state index contributed by atoms with van der Waals surface area (Å²) in [4.78, 5) is 5.08. The van der Waals surface area contributed by atoms with Gasteiger partial charge in [-0.1, -0.05) is 102 Å². The number of para-hydroxylation sites is 2. The first-order chi connectivity index (χ1) is 33.7. The van der Waals surface area contributed by atoms with Crippen LogP contribution < -0.4 is 77.9 Å². The Hall–Kier alpha value is -8.03. The number of aryl methyl sites for hydroxylation is 6. The van der Waals surface area contributed by atoms with E-state index < -0.39 is 0 Å². The minimum Gasteiger partial charge on any atom is -0.458 e. The second kappa shape index (κ2) is 13.8. The van der Waals surface area contributed by atoms with Gasteiger partial charge in [-0.25, -0.2) is 0 Å². The van der Waals surface area contributed by atoms with Gasteiger partial charge in [0.15, 0.2) is 0 Å². The third-order valence-electron chi connectivity index (χ3n) is 15.6. The topological polar surface area (TPSA) is 43.4 Å². The van der Waals surface area contributed by atoms with Crippen molar-refractivity contribution in [3.8, 4) is 46.0 Å². The summed E-state index contributed by atoms with van der Waals surface area (Å²) in [7, 11) is 0. The summed E-state index contributed by atoms with van der Waals surface area (Å²) in [5.41, 5.74) is 24.7. The second-order valence-electron chi connectivity index (χ2n) is 19.9. The molecule has 0 atom stereocenters. The molecule has 0 bridgehead atoms. The Morgan fingerprint density at radius 3 is 1.06 bits per heavy atom. The molecule has 9 aromatic carbocycles. The van der Waals surface area contributed by atoms with Crippen LogP contribution in [0.5, 0.6) is 46.0 Å². The summed E-state index contributed by atoms with van der Waals surface area (Å²) in [5, 5.41) is 0. The molecule has 0 N–H and O–H groups in total. The van der Waals surface area contributed by atoms with Crippen LogP contribution in [-0.2, 0) is 0 Å². The van der Waals surface area contributed by atoms with Gasteiger partial charge in [0.2, 0.25) is 0 Å². The lowest BCUT2D eigenvalue weighted by Gasteiger charge is -2.46. The van der Waals surface area contributed by atoms with Gasteiger partial charge in [0.05, 0.1) is 11.4 Å². The van der Waals surface area contributed by atoms with E-state index in [2.05, 4.69) is 191 Å². The highest BCUT2D eigenvalue weighted by Crippen LogP contribution is 2.49. The van der Waals surface area contributed by atoms with Crippen LogP contribution in [0.1, 0.15) is 33.4 Å². The highest BCUT2D eigenvalue weighted by Gasteiger charge is 2.49. The Kier molecular flexibility index (Phi) is 7.80. The van der Waals surface area contributed by atoms with Gasteiger partial charge in [-0.3, -0.25) is 0 Å². The van der Waals surface area contributed by atoms with E-state index in [1.165, 1.54) is 61.1 Å². The minimum absolute atomic E-state index is 0.0915. The molecule has 9 heteroatoms. The van der Waals surface area contributed by atoms with Crippen molar-refractivity contribution < 1.29 is 18.9 Å². The zero-order valence-corrected chi connectivity index (χ0v) is 39.2. The van der Waals surface area contributed by atoms with Gasteiger partial charge >= 0.3 is 0 Å². The fourth-order valence-electron chi connectivity index (χ4n) is 13.2. The number of hydrogen-bond donors (Lipinski definition) is 0. The Bertz CT molecular complexity index is 3540. The first kappa shape index (κ1) is 39.0. The maximum atomic E-state index is 7.09. The highest BCUT2D eigenvalue weighted by atomic mass is 16.5. The molecule has 6 heterocycles. The molecule has 0 aromatic heterocycles. The number of hydrogen-bond acceptors (Lipinski definition) is 6. The van der Waals surface area contributed by atoms with E-state index >= 15 is 0 Å². The molecule has 326 valence electrons. The van der Waals surface area contributed by atoms with Crippen LogP contribution in [0, 0.1) is 41.5 Å². The second-order valence-corrected chi connectivity index (χ2v) is 19.9. The van der Waals surface area contributed by atoms with Crippen LogP contribution in [0.3, 0.4) is 0 Å². The number of fused-ring (bicyclic) bond motifs is 12. The first-order valence-corrected chi connectivity index (χ1v) is 24.1. The van der Waals surface area contributed by atoms with E-state index in [0.717, 1.165) is 102 Å². The van der Waals surface area contributed by atoms with E-state index in [1.54, 1.807) is 0 Å². The largest absolute Gasteiger partial charge is 0.458 e. The molecule has 0 fully saturated rings. The lowest BCUT2D eigenvalue weighted by molar-refractivity contribution is 0.464. The van der Waals surface area contributed by atoms with E-state index in [-0.39, 0.29) is 20.1 Å². The van der Waals surface area contributed by atoms with Crippen molar-refractivity contribution in [1.82, 2.24) is 0 Å². The number of anilines is 6. The molecule has 0 spiro atoms. The van der Waals surface area contributed by atoms with Crippen LogP contribution >= 0.6 is 0 Å². The van der Waals surface area contributed by atoms with Crippen LogP contribution in [0.4, 0.5) is 34.1 Å². The van der Waals surface area contributed by atoms with Crippen LogP contribution in [0.15, 0.2) is 152 Å². The van der Waals surface area contributed by atoms with E-state index in [9.17, 15) is 0 Å². The third-order valence-corrected chi connectivity index (χ3v) is 15.6. The monoisotopic (exact) mass is 888 g/mol. The van der Waals surface area contributed by atoms with Crippen molar-refractivity contribution >= 4 is 103 Å². The van der Waals surface area contributed by atoms with Crippen LogP contribution in [-0.4, -0.2) is 20.1 Å². The quantitative estimate of drug-likeness (QED) is 0.162. The molecule has 0 radical (unpaired) electrons. The predicted molar refractivity (Wildman–Crippen MR) is 284 cm³/mol. The van der Waals surface area contributed by atoms with Gasteiger partial charge < -0.3 is 28.7 Å². The predicted octanol–water partition coefficient (Wildman–Crippen LogP) is 9.07.